The van der Waals surface area contributed by atoms with E-state index >= 15 is 0 Å². The zero-order chi connectivity index (χ0) is 13.1. The molecule has 0 aliphatic heterocycles. The Balaban J connectivity index is 1.96. The van der Waals surface area contributed by atoms with Gasteiger partial charge in [0.05, 0.1) is 14.9 Å². The number of nitrogens with two attached hydrogens (primary N) is 1. The van der Waals surface area contributed by atoms with Crippen molar-refractivity contribution < 1.29 is 8.91 Å². The summed E-state index contributed by atoms with van der Waals surface area (Å²) < 4.78 is 18.8. The number of aromatic nitrogens is 2. The minimum Gasteiger partial charge on any atom is -0.397 e. The Morgan fingerprint density at radius 1 is 1.50 bits per heavy atom. The van der Waals surface area contributed by atoms with Crippen molar-refractivity contribution in [3.63, 3.8) is 0 Å². The molecule has 0 saturated carbocycles. The Bertz CT molecular complexity index is 558. The lowest BCUT2D eigenvalue weighted by Crippen LogP contribution is -2.08. The first-order valence-electron chi connectivity index (χ1n) is 5.34. The number of hydrogen-bond donors (Lipinski definition) is 2. The summed E-state index contributed by atoms with van der Waals surface area (Å²) in [7, 11) is 0. The van der Waals surface area contributed by atoms with Crippen LogP contribution in [-0.2, 0) is 6.42 Å². The van der Waals surface area contributed by atoms with Crippen molar-refractivity contribution in [1.82, 2.24) is 10.1 Å². The average molecular weight is 362 g/mol. The van der Waals surface area contributed by atoms with Crippen LogP contribution < -0.4 is 11.1 Å². The van der Waals surface area contributed by atoms with Crippen LogP contribution in [0, 0.1) is 16.3 Å². The fourth-order valence-corrected chi connectivity index (χ4v) is 1.95. The summed E-state index contributed by atoms with van der Waals surface area (Å²) in [6, 6.07) is 2.98. The monoisotopic (exact) mass is 362 g/mol. The van der Waals surface area contributed by atoms with Gasteiger partial charge in [-0.15, -0.1) is 0 Å². The van der Waals surface area contributed by atoms with Crippen LogP contribution in [0.15, 0.2) is 16.7 Å². The van der Waals surface area contributed by atoms with E-state index in [1.54, 1.807) is 13.0 Å². The van der Waals surface area contributed by atoms with Crippen molar-refractivity contribution in [3.05, 3.63) is 33.2 Å². The molecule has 0 radical (unpaired) electrons. The van der Waals surface area contributed by atoms with E-state index < -0.39 is 0 Å². The quantitative estimate of drug-likeness (QED) is 0.645. The van der Waals surface area contributed by atoms with Crippen LogP contribution in [-0.4, -0.2) is 16.7 Å². The highest BCUT2D eigenvalue weighted by Gasteiger charge is 2.07. The summed E-state index contributed by atoms with van der Waals surface area (Å²) in [5, 5.41) is 6.73. The largest absolute Gasteiger partial charge is 0.397 e. The Kier molecular flexibility index (Phi) is 4.00. The van der Waals surface area contributed by atoms with Crippen LogP contribution >= 0.6 is 22.6 Å². The molecule has 5 nitrogen and oxygen atoms in total. The first-order valence-corrected chi connectivity index (χ1v) is 6.41. The zero-order valence-corrected chi connectivity index (χ0v) is 11.9. The number of hydrogen-bond acceptors (Lipinski definition) is 5. The van der Waals surface area contributed by atoms with Gasteiger partial charge in [0.25, 0.3) is 0 Å². The van der Waals surface area contributed by atoms with E-state index in [4.69, 9.17) is 10.3 Å². The Morgan fingerprint density at radius 3 is 2.94 bits per heavy atom. The van der Waals surface area contributed by atoms with Gasteiger partial charge in [0.2, 0.25) is 5.89 Å². The predicted octanol–water partition coefficient (Wildman–Crippen LogP) is 2.36. The van der Waals surface area contributed by atoms with Gasteiger partial charge in [-0.05, 0) is 35.6 Å². The van der Waals surface area contributed by atoms with Gasteiger partial charge in [0.15, 0.2) is 5.82 Å². The maximum absolute atomic E-state index is 13.4. The lowest BCUT2D eigenvalue weighted by Gasteiger charge is -2.09. The van der Waals surface area contributed by atoms with Gasteiger partial charge in [-0.25, -0.2) is 4.39 Å². The lowest BCUT2D eigenvalue weighted by atomic mass is 10.2. The molecule has 0 aliphatic rings. The van der Waals surface area contributed by atoms with E-state index in [0.29, 0.717) is 39.6 Å². The number of benzene rings is 1. The minimum absolute atomic E-state index is 0.291. The molecule has 0 fully saturated rings. The topological polar surface area (TPSA) is 77.0 Å². The molecule has 7 heteroatoms. The van der Waals surface area contributed by atoms with Crippen LogP contribution in [0.2, 0.25) is 0 Å². The molecule has 0 spiro atoms. The number of rotatable bonds is 4. The predicted molar refractivity (Wildman–Crippen MR) is 74.8 cm³/mol. The van der Waals surface area contributed by atoms with Crippen molar-refractivity contribution in [3.8, 4) is 0 Å². The van der Waals surface area contributed by atoms with E-state index in [2.05, 4.69) is 15.5 Å². The number of halogens is 2. The van der Waals surface area contributed by atoms with Crippen molar-refractivity contribution in [2.75, 3.05) is 17.6 Å². The fraction of sp³-hybridized carbons (Fsp3) is 0.273. The highest BCUT2D eigenvalue weighted by atomic mass is 127. The first kappa shape index (κ1) is 13.1. The Morgan fingerprint density at radius 2 is 2.28 bits per heavy atom. The smallest absolute Gasteiger partial charge is 0.228 e. The third-order valence-corrected chi connectivity index (χ3v) is 3.14. The second kappa shape index (κ2) is 5.51. The van der Waals surface area contributed by atoms with E-state index in [0.717, 1.165) is 0 Å². The second-order valence-corrected chi connectivity index (χ2v) is 4.93. The maximum Gasteiger partial charge on any atom is 0.228 e. The minimum atomic E-state index is -0.291. The SMILES string of the molecule is Cc1noc(CCNc2cc(F)c(I)cc2N)n1. The standard InChI is InChI=1S/C11H12FIN4O/c1-6-16-11(18-17-6)2-3-15-10-4-7(12)8(13)5-9(10)14/h4-5,15H,2-3,14H2,1H3. The third kappa shape index (κ3) is 3.09. The normalized spacial score (nSPS) is 10.6. The Hall–Kier alpha value is -1.38. The third-order valence-electron chi connectivity index (χ3n) is 2.32. The van der Waals surface area contributed by atoms with Crippen LogP contribution in [0.3, 0.4) is 0 Å². The summed E-state index contributed by atoms with van der Waals surface area (Å²) in [5.41, 5.74) is 6.88. The molecular weight excluding hydrogens is 350 g/mol. The molecule has 96 valence electrons. The number of anilines is 2. The van der Waals surface area contributed by atoms with Crippen molar-refractivity contribution in [2.45, 2.75) is 13.3 Å². The summed E-state index contributed by atoms with van der Waals surface area (Å²) in [6.45, 7) is 2.30. The van der Waals surface area contributed by atoms with Gasteiger partial charge in [-0.1, -0.05) is 5.16 Å². The Labute approximate surface area is 117 Å². The highest BCUT2D eigenvalue weighted by Crippen LogP contribution is 2.23. The molecule has 1 aromatic carbocycles. The van der Waals surface area contributed by atoms with Gasteiger partial charge >= 0.3 is 0 Å². The molecule has 2 aromatic rings. The van der Waals surface area contributed by atoms with Crippen LogP contribution in [0.25, 0.3) is 0 Å². The molecule has 18 heavy (non-hydrogen) atoms. The molecular formula is C11H12FIN4O. The molecule has 1 heterocycles. The molecule has 0 unspecified atom stereocenters. The number of nitrogen functional groups attached to an aromatic ring is 1. The van der Waals surface area contributed by atoms with Gasteiger partial charge in [-0.2, -0.15) is 4.98 Å². The fourth-order valence-electron chi connectivity index (χ4n) is 1.46. The number of nitrogens with zero attached hydrogens (tertiary/aromatic N) is 2. The van der Waals surface area contributed by atoms with Crippen LogP contribution in [0.4, 0.5) is 15.8 Å². The molecule has 0 aliphatic carbocycles. The summed E-state index contributed by atoms with van der Waals surface area (Å²) in [4.78, 5) is 4.07. The molecule has 0 amide bonds. The van der Waals surface area contributed by atoms with Crippen LogP contribution in [0.1, 0.15) is 11.7 Å². The lowest BCUT2D eigenvalue weighted by molar-refractivity contribution is 0.377. The summed E-state index contributed by atoms with van der Waals surface area (Å²) in [5.74, 6) is 0.857. The van der Waals surface area contributed by atoms with E-state index in [-0.39, 0.29) is 5.82 Å². The van der Waals surface area contributed by atoms with E-state index in [9.17, 15) is 4.39 Å². The zero-order valence-electron chi connectivity index (χ0n) is 9.70. The van der Waals surface area contributed by atoms with Gasteiger partial charge in [0, 0.05) is 19.0 Å². The molecule has 0 bridgehead atoms. The molecule has 3 N–H and O–H groups in total. The molecule has 1 aromatic heterocycles. The first-order chi connectivity index (χ1) is 8.56. The molecule has 0 saturated heterocycles. The summed E-state index contributed by atoms with van der Waals surface area (Å²) >= 11 is 1.90. The van der Waals surface area contributed by atoms with Crippen LogP contribution in [0.5, 0.6) is 0 Å². The second-order valence-electron chi connectivity index (χ2n) is 3.77. The van der Waals surface area contributed by atoms with E-state index in [1.165, 1.54) is 6.07 Å². The van der Waals surface area contributed by atoms with E-state index in [1.807, 2.05) is 22.6 Å². The van der Waals surface area contributed by atoms with Gasteiger partial charge < -0.3 is 15.6 Å². The summed E-state index contributed by atoms with van der Waals surface area (Å²) in [6.07, 6.45) is 0.563. The average Bonchev–Trinajstić information content (AvgIpc) is 2.71. The van der Waals surface area contributed by atoms with Gasteiger partial charge in [0.1, 0.15) is 5.82 Å². The maximum atomic E-state index is 13.4. The van der Waals surface area contributed by atoms with Gasteiger partial charge in [-0.3, -0.25) is 0 Å². The molecule has 2 rings (SSSR count). The van der Waals surface area contributed by atoms with Crippen molar-refractivity contribution in [2.24, 2.45) is 0 Å². The number of nitrogens with one attached hydrogen (secondary N) is 1. The highest BCUT2D eigenvalue weighted by molar-refractivity contribution is 14.1. The van der Waals surface area contributed by atoms with Crippen molar-refractivity contribution in [1.29, 1.82) is 0 Å². The van der Waals surface area contributed by atoms with Crippen molar-refractivity contribution >= 4 is 34.0 Å². The number of aryl methyl sites for hydroxylation is 1. The molecule has 0 atom stereocenters.